The number of hydrogen-bond acceptors (Lipinski definition) is 10. The summed E-state index contributed by atoms with van der Waals surface area (Å²) >= 11 is 6.26. The summed E-state index contributed by atoms with van der Waals surface area (Å²) in [6, 6.07) is 20.4. The van der Waals surface area contributed by atoms with Gasteiger partial charge in [-0.25, -0.2) is 19.7 Å². The van der Waals surface area contributed by atoms with E-state index in [0.717, 1.165) is 92.7 Å². The first-order valence-electron chi connectivity index (χ1n) is 19.8. The second-order valence-corrected chi connectivity index (χ2v) is 16.4. The quantitative estimate of drug-likeness (QED) is 0.146. The Hall–Kier alpha value is -4.89. The van der Waals surface area contributed by atoms with Gasteiger partial charge >= 0.3 is 18.4 Å². The molecule has 0 radical (unpaired) electrons. The normalized spacial score (nSPS) is 15.8. The van der Waals surface area contributed by atoms with Crippen LogP contribution in [0.1, 0.15) is 34.7 Å². The number of likely N-dealkylation sites (tertiary alicyclic amines) is 2. The van der Waals surface area contributed by atoms with E-state index in [1.807, 2.05) is 30.3 Å². The van der Waals surface area contributed by atoms with Gasteiger partial charge in [0.25, 0.3) is 5.56 Å². The van der Waals surface area contributed by atoms with Gasteiger partial charge in [0.1, 0.15) is 21.9 Å². The lowest BCUT2D eigenvalue weighted by molar-refractivity contribution is -0.138. The molecule has 5 heterocycles. The smallest absolute Gasteiger partial charge is 0.416 e. The molecular formula is C43H46Br2F6N8O4. The first-order chi connectivity index (χ1) is 30.0. The number of ether oxygens (including phenoxy) is 2. The Bertz CT molecular complexity index is 2170. The fourth-order valence-corrected chi connectivity index (χ4v) is 6.74. The molecule has 8 rings (SSSR count). The number of H-pyrrole nitrogens is 1. The van der Waals surface area contributed by atoms with Crippen molar-refractivity contribution in [2.45, 2.75) is 45.1 Å². The molecule has 0 unspecified atom stereocenters. The predicted molar refractivity (Wildman–Crippen MR) is 230 cm³/mol. The number of nitrogens with zero attached hydrogens (tertiary/aromatic N) is 6. The fraction of sp³-hybridized carbons (Fsp3) is 0.372. The number of piperazine rings is 1. The van der Waals surface area contributed by atoms with Crippen molar-refractivity contribution in [3.63, 3.8) is 0 Å². The summed E-state index contributed by atoms with van der Waals surface area (Å²) in [6.07, 6.45) is -2.91. The van der Waals surface area contributed by atoms with Gasteiger partial charge in [0.05, 0.1) is 29.7 Å². The SMILES string of the molecule is CC1CN(Cc2ccc(C(F)(F)F)cc2)C1.FC(F)(F)c1ccc(CN2CC(Oc3cnc(Br)cn3)C2)cc1.O=C(OCc1ccccc1)N1CCNCC1.O=c1cnc(Br)c[nH]1. The molecule has 3 aliphatic rings. The number of aromatic nitrogens is 4. The third kappa shape index (κ3) is 17.3. The maximum atomic E-state index is 12.5. The molecular weight excluding hydrogens is 966 g/mol. The molecule has 2 aromatic heterocycles. The van der Waals surface area contributed by atoms with E-state index in [-0.39, 0.29) is 17.8 Å². The molecule has 63 heavy (non-hydrogen) atoms. The van der Waals surface area contributed by atoms with Crippen LogP contribution in [0.4, 0.5) is 31.1 Å². The highest BCUT2D eigenvalue weighted by molar-refractivity contribution is 9.10. The highest BCUT2D eigenvalue weighted by Crippen LogP contribution is 2.31. The molecule has 2 N–H and O–H groups in total. The minimum atomic E-state index is -4.29. The number of hydrogen-bond donors (Lipinski definition) is 2. The third-order valence-corrected chi connectivity index (χ3v) is 10.4. The number of alkyl halides is 6. The number of halogens is 8. The summed E-state index contributed by atoms with van der Waals surface area (Å²) in [5, 5.41) is 3.19. The zero-order valence-electron chi connectivity index (χ0n) is 34.1. The average Bonchev–Trinajstić information content (AvgIpc) is 3.24. The van der Waals surface area contributed by atoms with E-state index in [1.54, 1.807) is 29.4 Å². The van der Waals surface area contributed by atoms with Crippen molar-refractivity contribution >= 4 is 38.0 Å². The Morgan fingerprint density at radius 2 is 1.25 bits per heavy atom. The van der Waals surface area contributed by atoms with Crippen LogP contribution in [0.15, 0.2) is 118 Å². The number of benzene rings is 3. The Morgan fingerprint density at radius 1 is 0.714 bits per heavy atom. The largest absolute Gasteiger partial charge is 0.471 e. The standard InChI is InChI=1S/C15H13BrF3N3O.C12H14F3N.C12H16N2O2.C4H3BrN2O/c16-13-5-21-14(6-20-13)23-12-8-22(9-12)7-10-1-3-11(4-2-10)15(17,18)19;1-9-6-16(7-9)8-10-2-4-11(5-3-10)12(13,14)15;15-12(14-8-6-13-7-9-14)16-10-11-4-2-1-3-5-11;5-3-1-7-4(8)2-6-3/h1-6,12H,7-9H2;2-5,9H,6-8H2,1H3;1-5,13H,6-10H2;1-2H,(H,7,8). The lowest BCUT2D eigenvalue weighted by Gasteiger charge is -2.38. The van der Waals surface area contributed by atoms with E-state index in [2.05, 4.69) is 73.8 Å². The van der Waals surface area contributed by atoms with Gasteiger partial charge < -0.3 is 24.7 Å². The monoisotopic (exact) mass is 1010 g/mol. The van der Waals surface area contributed by atoms with Crippen molar-refractivity contribution in [1.82, 2.24) is 40.0 Å². The van der Waals surface area contributed by atoms with Gasteiger partial charge in [-0.05, 0) is 78.7 Å². The van der Waals surface area contributed by atoms with E-state index < -0.39 is 23.5 Å². The number of amides is 1. The van der Waals surface area contributed by atoms with Crippen LogP contribution in [0.5, 0.6) is 5.88 Å². The first-order valence-corrected chi connectivity index (χ1v) is 21.4. The second-order valence-electron chi connectivity index (χ2n) is 14.8. The molecule has 0 spiro atoms. The van der Waals surface area contributed by atoms with Crippen molar-refractivity contribution < 1.29 is 40.6 Å². The molecule has 0 saturated carbocycles. The Labute approximate surface area is 377 Å². The van der Waals surface area contributed by atoms with E-state index in [0.29, 0.717) is 41.3 Å². The van der Waals surface area contributed by atoms with Crippen molar-refractivity contribution in [1.29, 1.82) is 0 Å². The van der Waals surface area contributed by atoms with Crippen LogP contribution >= 0.6 is 31.9 Å². The van der Waals surface area contributed by atoms with Gasteiger partial charge in [-0.1, -0.05) is 61.5 Å². The van der Waals surface area contributed by atoms with Gasteiger partial charge in [-0.2, -0.15) is 26.3 Å². The van der Waals surface area contributed by atoms with Crippen molar-refractivity contribution in [3.05, 3.63) is 151 Å². The van der Waals surface area contributed by atoms with E-state index in [9.17, 15) is 35.9 Å². The lowest BCUT2D eigenvalue weighted by atomic mass is 10.0. The van der Waals surface area contributed by atoms with Crippen LogP contribution in [-0.4, -0.2) is 99.2 Å². The third-order valence-electron chi connectivity index (χ3n) is 9.54. The number of carbonyl (C=O) groups is 1. The van der Waals surface area contributed by atoms with Gasteiger partial charge in [0.15, 0.2) is 0 Å². The highest BCUT2D eigenvalue weighted by atomic mass is 79.9. The predicted octanol–water partition coefficient (Wildman–Crippen LogP) is 8.44. The summed E-state index contributed by atoms with van der Waals surface area (Å²) in [4.78, 5) is 42.2. The average molecular weight is 1010 g/mol. The second kappa shape index (κ2) is 23.7. The summed E-state index contributed by atoms with van der Waals surface area (Å²) in [7, 11) is 0. The Balaban J connectivity index is 0.000000167. The molecule has 20 heteroatoms. The van der Waals surface area contributed by atoms with Crippen LogP contribution in [0, 0.1) is 5.92 Å². The first kappa shape index (κ1) is 49.1. The van der Waals surface area contributed by atoms with Gasteiger partial charge in [0.2, 0.25) is 5.88 Å². The molecule has 5 aromatic rings. The van der Waals surface area contributed by atoms with E-state index in [1.165, 1.54) is 24.5 Å². The Kier molecular flexibility index (Phi) is 18.5. The molecule has 12 nitrogen and oxygen atoms in total. The van der Waals surface area contributed by atoms with Gasteiger partial charge in [0, 0.05) is 71.6 Å². The van der Waals surface area contributed by atoms with Crippen LogP contribution in [0.25, 0.3) is 0 Å². The van der Waals surface area contributed by atoms with Gasteiger partial charge in [-0.3, -0.25) is 14.6 Å². The molecule has 3 fully saturated rings. The minimum absolute atomic E-state index is 0.0277. The molecule has 3 aromatic carbocycles. The Morgan fingerprint density at radius 3 is 1.71 bits per heavy atom. The van der Waals surface area contributed by atoms with Crippen molar-refractivity contribution in [2.24, 2.45) is 5.92 Å². The topological polar surface area (TPSA) is 129 Å². The summed E-state index contributed by atoms with van der Waals surface area (Å²) in [5.41, 5.74) is 1.42. The molecule has 0 bridgehead atoms. The number of nitrogens with one attached hydrogen (secondary N) is 2. The molecule has 1 amide bonds. The molecule has 0 aliphatic carbocycles. The van der Waals surface area contributed by atoms with Crippen LogP contribution in [0.2, 0.25) is 0 Å². The maximum absolute atomic E-state index is 12.5. The summed E-state index contributed by atoms with van der Waals surface area (Å²) in [6.45, 7) is 10.5. The number of carbonyl (C=O) groups excluding carboxylic acids is 1. The number of aromatic amines is 1. The fourth-order valence-electron chi connectivity index (χ4n) is 6.31. The minimum Gasteiger partial charge on any atom is -0.471 e. The summed E-state index contributed by atoms with van der Waals surface area (Å²) in [5.74, 6) is 1.18. The summed E-state index contributed by atoms with van der Waals surface area (Å²) < 4.78 is 86.6. The van der Waals surface area contributed by atoms with E-state index in [4.69, 9.17) is 9.47 Å². The molecule has 0 atom stereocenters. The van der Waals surface area contributed by atoms with Crippen LogP contribution in [-0.2, 0) is 36.8 Å². The maximum Gasteiger partial charge on any atom is 0.416 e. The zero-order valence-corrected chi connectivity index (χ0v) is 37.3. The van der Waals surface area contributed by atoms with E-state index >= 15 is 0 Å². The van der Waals surface area contributed by atoms with Crippen LogP contribution < -0.4 is 15.6 Å². The van der Waals surface area contributed by atoms with Gasteiger partial charge in [-0.15, -0.1) is 0 Å². The molecule has 338 valence electrons. The number of rotatable bonds is 8. The highest BCUT2D eigenvalue weighted by Gasteiger charge is 2.32. The van der Waals surface area contributed by atoms with Crippen molar-refractivity contribution in [2.75, 3.05) is 52.4 Å². The molecule has 3 saturated heterocycles. The van der Waals surface area contributed by atoms with Crippen molar-refractivity contribution in [3.8, 4) is 5.88 Å². The molecule has 3 aliphatic heterocycles. The van der Waals surface area contributed by atoms with Crippen LogP contribution in [0.3, 0.4) is 0 Å². The lowest BCUT2D eigenvalue weighted by Crippen LogP contribution is -2.53. The zero-order chi connectivity index (χ0) is 45.4.